The molecule has 0 bridgehead atoms. The third kappa shape index (κ3) is 6.38. The molecule has 1 aliphatic rings. The van der Waals surface area contributed by atoms with Gasteiger partial charge in [-0.1, -0.05) is 80.5 Å². The summed E-state index contributed by atoms with van der Waals surface area (Å²) in [4.78, 5) is 0. The van der Waals surface area contributed by atoms with Crippen LogP contribution in [-0.2, 0) is 12.8 Å². The minimum absolute atomic E-state index is 0.211. The third-order valence-corrected chi connectivity index (χ3v) is 7.44. The Morgan fingerprint density at radius 2 is 1.62 bits per heavy atom. The van der Waals surface area contributed by atoms with Crippen LogP contribution >= 0.6 is 0 Å². The topological polar surface area (TPSA) is 0 Å². The predicted octanol–water partition coefficient (Wildman–Crippen LogP) is 9.04. The molecule has 1 saturated carbocycles. The van der Waals surface area contributed by atoms with Crippen molar-refractivity contribution in [2.45, 2.75) is 71.1 Å². The van der Waals surface area contributed by atoms with Crippen LogP contribution in [0.4, 0.5) is 4.39 Å². The lowest BCUT2D eigenvalue weighted by molar-refractivity contribution is 0.265. The second kappa shape index (κ2) is 12.0. The predicted molar refractivity (Wildman–Crippen MR) is 144 cm³/mol. The summed E-state index contributed by atoms with van der Waals surface area (Å²) in [7, 11) is 0. The first kappa shape index (κ1) is 24.3. The van der Waals surface area contributed by atoms with Crippen molar-refractivity contribution in [1.82, 2.24) is 0 Å². The van der Waals surface area contributed by atoms with Crippen LogP contribution in [0.2, 0.25) is 0 Å². The fourth-order valence-electron chi connectivity index (χ4n) is 5.23. The van der Waals surface area contributed by atoms with E-state index < -0.39 is 0 Å². The van der Waals surface area contributed by atoms with E-state index in [1.165, 1.54) is 62.5 Å². The molecule has 0 radical (unpaired) electrons. The summed E-state index contributed by atoms with van der Waals surface area (Å²) in [6, 6.07) is 18.4. The Kier molecular flexibility index (Phi) is 8.59. The molecule has 4 rings (SSSR count). The summed E-state index contributed by atoms with van der Waals surface area (Å²) in [6.45, 7) is 6.09. The van der Waals surface area contributed by atoms with Gasteiger partial charge in [0.2, 0.25) is 0 Å². The highest BCUT2D eigenvalue weighted by Gasteiger charge is 2.20. The largest absolute Gasteiger partial charge is 0.205 e. The van der Waals surface area contributed by atoms with Gasteiger partial charge in [-0.25, -0.2) is 4.39 Å². The summed E-state index contributed by atoms with van der Waals surface area (Å²) in [5, 5.41) is 1.63. The molecule has 1 aliphatic carbocycles. The number of allylic oxidation sites excluding steroid dienone is 1. The van der Waals surface area contributed by atoms with E-state index in [-0.39, 0.29) is 5.82 Å². The molecule has 176 valence electrons. The zero-order valence-corrected chi connectivity index (χ0v) is 20.6. The van der Waals surface area contributed by atoms with Crippen molar-refractivity contribution in [3.05, 3.63) is 95.3 Å². The second-order valence-corrected chi connectivity index (χ2v) is 9.98. The number of halogens is 1. The number of fused-ring (bicyclic) bond motifs is 1. The summed E-state index contributed by atoms with van der Waals surface area (Å²) in [6.07, 6.45) is 14.4. The Labute approximate surface area is 205 Å². The maximum atomic E-state index is 15.2. The first-order valence-electron chi connectivity index (χ1n) is 13.1. The van der Waals surface area contributed by atoms with Crippen LogP contribution in [-0.4, -0.2) is 0 Å². The van der Waals surface area contributed by atoms with E-state index in [2.05, 4.69) is 55.7 Å². The first-order valence-corrected chi connectivity index (χ1v) is 13.1. The van der Waals surface area contributed by atoms with Gasteiger partial charge in [0.25, 0.3) is 0 Å². The van der Waals surface area contributed by atoms with Crippen LogP contribution in [0.15, 0.2) is 67.3 Å². The van der Waals surface area contributed by atoms with Crippen molar-refractivity contribution >= 4 is 10.8 Å². The average Bonchev–Trinajstić information content (AvgIpc) is 2.87. The Balaban J connectivity index is 1.39. The fraction of sp³-hybridized carbons (Fsp3) is 0.394. The minimum Gasteiger partial charge on any atom is -0.205 e. The molecule has 1 fully saturated rings. The lowest BCUT2D eigenvalue weighted by Crippen LogP contribution is -2.14. The quantitative estimate of drug-likeness (QED) is 0.236. The summed E-state index contributed by atoms with van der Waals surface area (Å²) in [5.74, 6) is 7.64. The molecule has 0 nitrogen and oxygen atoms in total. The molecular formula is C33H37F. The summed E-state index contributed by atoms with van der Waals surface area (Å²) < 4.78 is 15.2. The van der Waals surface area contributed by atoms with Crippen molar-refractivity contribution in [3.8, 4) is 11.8 Å². The average molecular weight is 453 g/mol. The molecule has 34 heavy (non-hydrogen) atoms. The highest BCUT2D eigenvalue weighted by atomic mass is 19.1. The molecule has 0 aromatic heterocycles. The van der Waals surface area contributed by atoms with Crippen molar-refractivity contribution in [2.75, 3.05) is 0 Å². The number of hydrogen-bond acceptors (Lipinski definition) is 0. The van der Waals surface area contributed by atoms with Crippen molar-refractivity contribution < 1.29 is 4.39 Å². The molecule has 3 aromatic carbocycles. The van der Waals surface area contributed by atoms with E-state index in [9.17, 15) is 0 Å². The molecule has 0 unspecified atom stereocenters. The van der Waals surface area contributed by atoms with Gasteiger partial charge in [-0.3, -0.25) is 0 Å². The Morgan fingerprint density at radius 1 is 0.882 bits per heavy atom. The third-order valence-electron chi connectivity index (χ3n) is 7.44. The number of hydrogen-bond donors (Lipinski definition) is 0. The molecule has 1 heteroatoms. The van der Waals surface area contributed by atoms with Crippen LogP contribution in [0.25, 0.3) is 10.8 Å². The maximum Gasteiger partial charge on any atom is 0.146 e. The Morgan fingerprint density at radius 3 is 2.35 bits per heavy atom. The molecule has 0 amide bonds. The van der Waals surface area contributed by atoms with Gasteiger partial charge in [-0.2, -0.15) is 0 Å². The second-order valence-electron chi connectivity index (χ2n) is 9.98. The fourth-order valence-corrected chi connectivity index (χ4v) is 5.23. The molecule has 0 aliphatic heterocycles. The van der Waals surface area contributed by atoms with Gasteiger partial charge in [0.1, 0.15) is 5.82 Å². The van der Waals surface area contributed by atoms with Gasteiger partial charge in [0, 0.05) is 10.9 Å². The maximum absolute atomic E-state index is 15.2. The molecule has 3 aromatic rings. The Bertz CT molecular complexity index is 1150. The molecule has 0 heterocycles. The van der Waals surface area contributed by atoms with Crippen molar-refractivity contribution in [3.63, 3.8) is 0 Å². The number of benzene rings is 3. The van der Waals surface area contributed by atoms with Crippen LogP contribution < -0.4 is 0 Å². The van der Waals surface area contributed by atoms with E-state index in [0.29, 0.717) is 10.9 Å². The monoisotopic (exact) mass is 452 g/mol. The van der Waals surface area contributed by atoms with Crippen LogP contribution in [0.5, 0.6) is 0 Å². The lowest BCUT2D eigenvalue weighted by Gasteiger charge is -2.27. The van der Waals surface area contributed by atoms with Gasteiger partial charge in [0.15, 0.2) is 0 Å². The molecule has 0 spiro atoms. The normalized spacial score (nSPS) is 17.8. The van der Waals surface area contributed by atoms with E-state index in [0.717, 1.165) is 35.6 Å². The molecular weight excluding hydrogens is 415 g/mol. The minimum atomic E-state index is -0.211. The van der Waals surface area contributed by atoms with Gasteiger partial charge < -0.3 is 0 Å². The molecule has 0 atom stereocenters. The van der Waals surface area contributed by atoms with Crippen LogP contribution in [0, 0.1) is 29.5 Å². The smallest absolute Gasteiger partial charge is 0.146 e. The Hall–Kier alpha value is -2.85. The van der Waals surface area contributed by atoms with Crippen molar-refractivity contribution in [1.29, 1.82) is 0 Å². The van der Waals surface area contributed by atoms with Gasteiger partial charge in [0.05, 0.1) is 5.56 Å². The standard InChI is InChI=1S/C33H37F/c1-3-5-7-26-10-14-28(15-11-26)18-20-30-21-22-31-24-29(19-23-32(31)33(30)34)17-16-27-12-8-25(6-4-2)9-13-27/h4,10-11,14-15,19,21-25,27H,2-3,5-9,12-13,16-17H2,1H3. The molecule has 0 N–H and O–H groups in total. The van der Waals surface area contributed by atoms with E-state index >= 15 is 4.39 Å². The number of rotatable bonds is 8. The highest BCUT2D eigenvalue weighted by Crippen LogP contribution is 2.33. The van der Waals surface area contributed by atoms with E-state index in [1.54, 1.807) is 0 Å². The van der Waals surface area contributed by atoms with Gasteiger partial charge in [-0.15, -0.1) is 6.58 Å². The lowest BCUT2D eigenvalue weighted by atomic mass is 9.78. The zero-order chi connectivity index (χ0) is 23.8. The van der Waals surface area contributed by atoms with Gasteiger partial charge >= 0.3 is 0 Å². The number of unbranched alkanes of at least 4 members (excludes halogenated alkanes) is 1. The van der Waals surface area contributed by atoms with E-state index in [4.69, 9.17) is 0 Å². The number of aryl methyl sites for hydroxylation is 2. The summed E-state index contributed by atoms with van der Waals surface area (Å²) >= 11 is 0. The van der Waals surface area contributed by atoms with Crippen LogP contribution in [0.3, 0.4) is 0 Å². The first-order chi connectivity index (χ1) is 16.7. The zero-order valence-electron chi connectivity index (χ0n) is 20.6. The highest BCUT2D eigenvalue weighted by molar-refractivity contribution is 5.85. The van der Waals surface area contributed by atoms with Gasteiger partial charge in [-0.05, 0) is 91.5 Å². The van der Waals surface area contributed by atoms with Crippen molar-refractivity contribution in [2.24, 2.45) is 11.8 Å². The van der Waals surface area contributed by atoms with Crippen LogP contribution in [0.1, 0.15) is 80.5 Å². The molecule has 0 saturated heterocycles. The summed E-state index contributed by atoms with van der Waals surface area (Å²) in [5.41, 5.74) is 4.03. The van der Waals surface area contributed by atoms with E-state index in [1.807, 2.05) is 30.3 Å². The SMILES string of the molecule is C=CCC1CCC(CCc2ccc3c(F)c(C#Cc4ccc(CCCC)cc4)ccc3c2)CC1.